The van der Waals surface area contributed by atoms with Crippen molar-refractivity contribution in [1.82, 2.24) is 9.29 Å². The van der Waals surface area contributed by atoms with Crippen LogP contribution in [-0.4, -0.2) is 36.4 Å². The molecule has 19 heavy (non-hydrogen) atoms. The molecular weight excluding hydrogens is 264 g/mol. The van der Waals surface area contributed by atoms with Crippen LogP contribution in [0.1, 0.15) is 33.6 Å². The Morgan fingerprint density at radius 2 is 2.11 bits per heavy atom. The molecular formula is C13H20N2O3S. The molecule has 0 bridgehead atoms. The second-order valence-electron chi connectivity index (χ2n) is 4.93. The van der Waals surface area contributed by atoms with E-state index in [0.29, 0.717) is 12.5 Å². The molecule has 1 aliphatic carbocycles. The largest absolute Gasteiger partial charge is 0.478 e. The summed E-state index contributed by atoms with van der Waals surface area (Å²) in [6, 6.07) is 3.27. The first-order valence-corrected chi connectivity index (χ1v) is 8.03. The molecule has 106 valence electrons. The highest BCUT2D eigenvalue weighted by molar-refractivity contribution is 7.89. The number of aromatic nitrogens is 1. The Morgan fingerprint density at radius 1 is 1.42 bits per heavy atom. The quantitative estimate of drug-likeness (QED) is 0.802. The van der Waals surface area contributed by atoms with Crippen LogP contribution in [-0.2, 0) is 10.0 Å². The van der Waals surface area contributed by atoms with Crippen molar-refractivity contribution in [2.45, 2.75) is 50.6 Å². The minimum absolute atomic E-state index is 0.0379. The molecule has 0 amide bonds. The van der Waals surface area contributed by atoms with Gasteiger partial charge in [0.2, 0.25) is 15.9 Å². The third-order valence-electron chi connectivity index (χ3n) is 2.99. The standard InChI is InChI=1S/C13H20N2O3S/c1-4-18-13-8-7-12(9-14-13)19(16,17)15(10(2)3)11-5-6-11/h7-11H,4-6H2,1-3H3. The van der Waals surface area contributed by atoms with E-state index in [-0.39, 0.29) is 17.0 Å². The molecule has 0 unspecified atom stereocenters. The van der Waals surface area contributed by atoms with Gasteiger partial charge in [0.1, 0.15) is 4.90 Å². The van der Waals surface area contributed by atoms with Crippen LogP contribution in [0.5, 0.6) is 5.88 Å². The van der Waals surface area contributed by atoms with E-state index >= 15 is 0 Å². The normalized spacial score (nSPS) is 16.1. The fourth-order valence-corrected chi connectivity index (χ4v) is 3.93. The molecule has 0 aromatic carbocycles. The fourth-order valence-electron chi connectivity index (χ4n) is 2.10. The van der Waals surface area contributed by atoms with E-state index in [0.717, 1.165) is 12.8 Å². The van der Waals surface area contributed by atoms with Crippen molar-refractivity contribution >= 4 is 10.0 Å². The molecule has 5 nitrogen and oxygen atoms in total. The Bertz CT molecular complexity index is 519. The SMILES string of the molecule is CCOc1ccc(S(=O)(=O)N(C(C)C)C2CC2)cn1. The lowest BCUT2D eigenvalue weighted by molar-refractivity contribution is 0.326. The van der Waals surface area contributed by atoms with Crippen LogP contribution in [0, 0.1) is 0 Å². The zero-order valence-electron chi connectivity index (χ0n) is 11.5. The van der Waals surface area contributed by atoms with Gasteiger partial charge in [-0.2, -0.15) is 4.31 Å². The first kappa shape index (κ1) is 14.3. The number of sulfonamides is 1. The van der Waals surface area contributed by atoms with Crippen LogP contribution in [0.3, 0.4) is 0 Å². The molecule has 0 atom stereocenters. The number of ether oxygens (including phenoxy) is 1. The van der Waals surface area contributed by atoms with Crippen LogP contribution in [0.25, 0.3) is 0 Å². The summed E-state index contributed by atoms with van der Waals surface area (Å²) in [5, 5.41) is 0. The predicted octanol–water partition coefficient (Wildman–Crippen LogP) is 2.04. The van der Waals surface area contributed by atoms with Gasteiger partial charge in [-0.05, 0) is 39.7 Å². The van der Waals surface area contributed by atoms with Gasteiger partial charge in [-0.3, -0.25) is 0 Å². The molecule has 1 heterocycles. The second kappa shape index (κ2) is 5.46. The van der Waals surface area contributed by atoms with E-state index in [9.17, 15) is 8.42 Å². The molecule has 0 N–H and O–H groups in total. The lowest BCUT2D eigenvalue weighted by Crippen LogP contribution is -2.38. The van der Waals surface area contributed by atoms with Gasteiger partial charge in [-0.15, -0.1) is 0 Å². The van der Waals surface area contributed by atoms with Crippen molar-refractivity contribution in [3.05, 3.63) is 18.3 Å². The van der Waals surface area contributed by atoms with E-state index in [1.165, 1.54) is 6.20 Å². The highest BCUT2D eigenvalue weighted by Crippen LogP contribution is 2.33. The lowest BCUT2D eigenvalue weighted by Gasteiger charge is -2.25. The van der Waals surface area contributed by atoms with Crippen LogP contribution < -0.4 is 4.74 Å². The van der Waals surface area contributed by atoms with Gasteiger partial charge >= 0.3 is 0 Å². The lowest BCUT2D eigenvalue weighted by atomic mass is 10.4. The van der Waals surface area contributed by atoms with Gasteiger partial charge in [0.25, 0.3) is 0 Å². The summed E-state index contributed by atoms with van der Waals surface area (Å²) in [7, 11) is -3.45. The van der Waals surface area contributed by atoms with Crippen molar-refractivity contribution < 1.29 is 13.2 Å². The van der Waals surface area contributed by atoms with Crippen molar-refractivity contribution in [2.75, 3.05) is 6.61 Å². The van der Waals surface area contributed by atoms with Crippen LogP contribution in [0.15, 0.2) is 23.2 Å². The molecule has 1 aliphatic rings. The molecule has 2 rings (SSSR count). The zero-order valence-corrected chi connectivity index (χ0v) is 12.4. The predicted molar refractivity (Wildman–Crippen MR) is 72.6 cm³/mol. The van der Waals surface area contributed by atoms with Gasteiger partial charge in [0.15, 0.2) is 0 Å². The maximum Gasteiger partial charge on any atom is 0.245 e. The fraction of sp³-hybridized carbons (Fsp3) is 0.615. The average molecular weight is 284 g/mol. The maximum atomic E-state index is 12.6. The molecule has 1 aromatic rings. The molecule has 0 saturated heterocycles. The molecule has 0 aliphatic heterocycles. The van der Waals surface area contributed by atoms with Gasteiger partial charge in [-0.25, -0.2) is 13.4 Å². The van der Waals surface area contributed by atoms with Gasteiger partial charge in [0, 0.05) is 18.2 Å². The summed E-state index contributed by atoms with van der Waals surface area (Å²) in [6.07, 6.45) is 3.27. The minimum atomic E-state index is -3.45. The Morgan fingerprint density at radius 3 is 2.53 bits per heavy atom. The number of nitrogens with zero attached hydrogens (tertiary/aromatic N) is 2. The van der Waals surface area contributed by atoms with Crippen molar-refractivity contribution in [2.24, 2.45) is 0 Å². The minimum Gasteiger partial charge on any atom is -0.478 e. The van der Waals surface area contributed by atoms with Crippen molar-refractivity contribution in [1.29, 1.82) is 0 Å². The number of hydrogen-bond donors (Lipinski definition) is 0. The number of rotatable bonds is 6. The number of hydrogen-bond acceptors (Lipinski definition) is 4. The summed E-state index contributed by atoms with van der Waals surface area (Å²) >= 11 is 0. The molecule has 1 saturated carbocycles. The summed E-state index contributed by atoms with van der Waals surface area (Å²) in [4.78, 5) is 4.26. The summed E-state index contributed by atoms with van der Waals surface area (Å²) in [5.41, 5.74) is 0. The summed E-state index contributed by atoms with van der Waals surface area (Å²) < 4.78 is 31.9. The second-order valence-corrected chi connectivity index (χ2v) is 6.77. The average Bonchev–Trinajstić information content (AvgIpc) is 3.14. The zero-order chi connectivity index (χ0) is 14.0. The third kappa shape index (κ3) is 3.06. The molecule has 6 heteroatoms. The van der Waals surface area contributed by atoms with Gasteiger partial charge in [0.05, 0.1) is 12.8 Å². The van der Waals surface area contributed by atoms with Crippen LogP contribution >= 0.6 is 0 Å². The highest BCUT2D eigenvalue weighted by Gasteiger charge is 2.39. The summed E-state index contributed by atoms with van der Waals surface area (Å²) in [6.45, 7) is 6.18. The van der Waals surface area contributed by atoms with Gasteiger partial charge < -0.3 is 4.74 Å². The van der Waals surface area contributed by atoms with E-state index in [4.69, 9.17) is 4.74 Å². The van der Waals surface area contributed by atoms with E-state index < -0.39 is 10.0 Å². The van der Waals surface area contributed by atoms with Crippen LogP contribution in [0.4, 0.5) is 0 Å². The highest BCUT2D eigenvalue weighted by atomic mass is 32.2. The topological polar surface area (TPSA) is 59.5 Å². The maximum absolute atomic E-state index is 12.6. The molecule has 0 spiro atoms. The van der Waals surface area contributed by atoms with Crippen molar-refractivity contribution in [3.63, 3.8) is 0 Å². The number of pyridine rings is 1. The Kier molecular flexibility index (Phi) is 4.10. The third-order valence-corrected chi connectivity index (χ3v) is 5.10. The molecule has 0 radical (unpaired) electrons. The Hall–Kier alpha value is -1.14. The van der Waals surface area contributed by atoms with E-state index in [2.05, 4.69) is 4.98 Å². The summed E-state index contributed by atoms with van der Waals surface area (Å²) in [5.74, 6) is 0.448. The van der Waals surface area contributed by atoms with E-state index in [1.807, 2.05) is 20.8 Å². The van der Waals surface area contributed by atoms with Crippen molar-refractivity contribution in [3.8, 4) is 5.88 Å². The Labute approximate surface area is 114 Å². The van der Waals surface area contributed by atoms with Crippen LogP contribution in [0.2, 0.25) is 0 Å². The Balaban J connectivity index is 2.27. The first-order valence-electron chi connectivity index (χ1n) is 6.59. The molecule has 1 fully saturated rings. The van der Waals surface area contributed by atoms with E-state index in [1.54, 1.807) is 16.4 Å². The monoisotopic (exact) mass is 284 g/mol. The van der Waals surface area contributed by atoms with Gasteiger partial charge in [-0.1, -0.05) is 0 Å². The molecule has 1 aromatic heterocycles. The smallest absolute Gasteiger partial charge is 0.245 e. The first-order chi connectivity index (χ1) is 8.96.